The second-order valence-electron chi connectivity index (χ2n) is 4.11. The van der Waals surface area contributed by atoms with Crippen molar-refractivity contribution in [2.75, 3.05) is 7.11 Å². The van der Waals surface area contributed by atoms with Crippen LogP contribution in [-0.2, 0) is 0 Å². The van der Waals surface area contributed by atoms with Crippen LogP contribution in [0.1, 0.15) is 24.2 Å². The van der Waals surface area contributed by atoms with Gasteiger partial charge in [-0.15, -0.1) is 6.42 Å². The van der Waals surface area contributed by atoms with E-state index >= 15 is 0 Å². The molecule has 1 aromatic rings. The van der Waals surface area contributed by atoms with E-state index in [1.807, 2.05) is 0 Å². The van der Waals surface area contributed by atoms with Crippen molar-refractivity contribution in [3.8, 4) is 23.8 Å². The fraction of sp³-hybridized carbons (Fsp3) is 0.308. The number of carbonyl (C=O) groups is 1. The minimum absolute atomic E-state index is 0.115. The number of hydrogen-bond donors (Lipinski definition) is 2. The molecule has 0 atom stereocenters. The molecule has 0 aliphatic rings. The lowest BCUT2D eigenvalue weighted by Crippen LogP contribution is -2.42. The van der Waals surface area contributed by atoms with Gasteiger partial charge in [0.25, 0.3) is 5.91 Å². The van der Waals surface area contributed by atoms with Gasteiger partial charge in [-0.25, -0.2) is 0 Å². The summed E-state index contributed by atoms with van der Waals surface area (Å²) in [7, 11) is 1.49. The highest BCUT2D eigenvalue weighted by Gasteiger charge is 2.20. The molecule has 0 fully saturated rings. The summed E-state index contributed by atoms with van der Waals surface area (Å²) in [6.07, 6.45) is 5.27. The third-order valence-corrected chi connectivity index (χ3v) is 2.24. The van der Waals surface area contributed by atoms with Crippen molar-refractivity contribution in [3.63, 3.8) is 0 Å². The first-order chi connectivity index (χ1) is 7.89. The average molecular weight is 233 g/mol. The maximum absolute atomic E-state index is 11.9. The topological polar surface area (TPSA) is 58.6 Å². The fourth-order valence-electron chi connectivity index (χ4n) is 1.21. The van der Waals surface area contributed by atoms with E-state index in [1.165, 1.54) is 19.2 Å². The maximum atomic E-state index is 11.9. The molecule has 0 saturated carbocycles. The molecule has 0 aromatic heterocycles. The van der Waals surface area contributed by atoms with E-state index in [0.29, 0.717) is 5.75 Å². The Kier molecular flexibility index (Phi) is 3.64. The summed E-state index contributed by atoms with van der Waals surface area (Å²) in [6, 6.07) is 4.42. The molecule has 0 radical (unpaired) electrons. The molecule has 1 rings (SSSR count). The Morgan fingerprint density at radius 1 is 1.53 bits per heavy atom. The van der Waals surface area contributed by atoms with Gasteiger partial charge in [0.2, 0.25) is 0 Å². The van der Waals surface area contributed by atoms with Crippen LogP contribution in [0.2, 0.25) is 0 Å². The van der Waals surface area contributed by atoms with Gasteiger partial charge < -0.3 is 15.2 Å². The van der Waals surface area contributed by atoms with E-state index in [-0.39, 0.29) is 11.3 Å². The van der Waals surface area contributed by atoms with Gasteiger partial charge in [0.1, 0.15) is 11.5 Å². The maximum Gasteiger partial charge on any atom is 0.256 e. The Labute approximate surface area is 101 Å². The molecule has 2 N–H and O–H groups in total. The number of phenolic OH excluding ortho intramolecular Hbond substituents is 1. The SMILES string of the molecule is C#CC(C)(C)NC(=O)c1cc(OC)ccc1O. The van der Waals surface area contributed by atoms with Crippen molar-refractivity contribution in [1.82, 2.24) is 5.32 Å². The molecule has 4 nitrogen and oxygen atoms in total. The Morgan fingerprint density at radius 3 is 2.71 bits per heavy atom. The summed E-state index contributed by atoms with van der Waals surface area (Å²) in [6.45, 7) is 3.39. The first-order valence-corrected chi connectivity index (χ1v) is 5.07. The van der Waals surface area contributed by atoms with Crippen LogP contribution >= 0.6 is 0 Å². The molecule has 90 valence electrons. The zero-order valence-corrected chi connectivity index (χ0v) is 10.1. The van der Waals surface area contributed by atoms with Gasteiger partial charge in [-0.3, -0.25) is 4.79 Å². The van der Waals surface area contributed by atoms with Gasteiger partial charge in [0.05, 0.1) is 18.2 Å². The van der Waals surface area contributed by atoms with E-state index < -0.39 is 11.4 Å². The molecule has 4 heteroatoms. The van der Waals surface area contributed by atoms with Crippen LogP contribution in [0.5, 0.6) is 11.5 Å². The van der Waals surface area contributed by atoms with Gasteiger partial charge in [-0.1, -0.05) is 5.92 Å². The molecule has 0 aliphatic heterocycles. The number of aromatic hydroxyl groups is 1. The minimum atomic E-state index is -0.771. The van der Waals surface area contributed by atoms with Crippen LogP contribution in [0.25, 0.3) is 0 Å². The summed E-state index contributed by atoms with van der Waals surface area (Å²) in [5, 5.41) is 12.2. The summed E-state index contributed by atoms with van der Waals surface area (Å²) >= 11 is 0. The van der Waals surface area contributed by atoms with Crippen LogP contribution < -0.4 is 10.1 Å². The van der Waals surface area contributed by atoms with Gasteiger partial charge >= 0.3 is 0 Å². The van der Waals surface area contributed by atoms with Crippen molar-refractivity contribution < 1.29 is 14.6 Å². The summed E-state index contributed by atoms with van der Waals surface area (Å²) in [4.78, 5) is 11.9. The number of terminal acetylenes is 1. The number of carbonyl (C=O) groups excluding carboxylic acids is 1. The van der Waals surface area contributed by atoms with Crippen LogP contribution in [-0.4, -0.2) is 23.7 Å². The fourth-order valence-corrected chi connectivity index (χ4v) is 1.21. The predicted octanol–water partition coefficient (Wildman–Crippen LogP) is 1.54. The first kappa shape index (κ1) is 12.9. The van der Waals surface area contributed by atoms with Crippen molar-refractivity contribution in [2.24, 2.45) is 0 Å². The first-order valence-electron chi connectivity index (χ1n) is 5.07. The smallest absolute Gasteiger partial charge is 0.256 e. The zero-order chi connectivity index (χ0) is 13.1. The zero-order valence-electron chi connectivity index (χ0n) is 10.1. The molecular formula is C13H15NO3. The van der Waals surface area contributed by atoms with Gasteiger partial charge in [-0.2, -0.15) is 0 Å². The molecule has 0 saturated heterocycles. The van der Waals surface area contributed by atoms with Gasteiger partial charge in [-0.05, 0) is 32.0 Å². The third kappa shape index (κ3) is 3.15. The number of hydrogen-bond acceptors (Lipinski definition) is 3. The van der Waals surface area contributed by atoms with E-state index in [9.17, 15) is 9.90 Å². The average Bonchev–Trinajstić information content (AvgIpc) is 2.29. The largest absolute Gasteiger partial charge is 0.507 e. The number of phenols is 1. The second kappa shape index (κ2) is 4.79. The molecule has 1 amide bonds. The summed E-state index contributed by atoms with van der Waals surface area (Å²) < 4.78 is 4.99. The predicted molar refractivity (Wildman–Crippen MR) is 65.0 cm³/mol. The number of ether oxygens (including phenoxy) is 1. The van der Waals surface area contributed by atoms with Crippen LogP contribution in [0.3, 0.4) is 0 Å². The van der Waals surface area contributed by atoms with E-state index in [4.69, 9.17) is 11.2 Å². The molecule has 0 aliphatic carbocycles. The Hall–Kier alpha value is -2.15. The summed E-state index contributed by atoms with van der Waals surface area (Å²) in [5.74, 6) is 2.38. The lowest BCUT2D eigenvalue weighted by Gasteiger charge is -2.20. The van der Waals surface area contributed by atoms with Crippen molar-refractivity contribution in [3.05, 3.63) is 23.8 Å². The second-order valence-corrected chi connectivity index (χ2v) is 4.11. The molecule has 1 aromatic carbocycles. The number of rotatable bonds is 3. The summed E-state index contributed by atoms with van der Waals surface area (Å²) in [5.41, 5.74) is -0.639. The van der Waals surface area contributed by atoms with E-state index in [2.05, 4.69) is 11.2 Å². The molecule has 0 spiro atoms. The molecular weight excluding hydrogens is 218 g/mol. The highest BCUT2D eigenvalue weighted by molar-refractivity contribution is 5.97. The Bertz CT molecular complexity index is 472. The number of amides is 1. The molecule has 0 bridgehead atoms. The van der Waals surface area contributed by atoms with Crippen LogP contribution in [0, 0.1) is 12.3 Å². The lowest BCUT2D eigenvalue weighted by molar-refractivity contribution is 0.0927. The van der Waals surface area contributed by atoms with Crippen molar-refractivity contribution in [2.45, 2.75) is 19.4 Å². The number of benzene rings is 1. The van der Waals surface area contributed by atoms with Gasteiger partial charge in [0, 0.05) is 0 Å². The van der Waals surface area contributed by atoms with E-state index in [1.54, 1.807) is 19.9 Å². The molecule has 17 heavy (non-hydrogen) atoms. The van der Waals surface area contributed by atoms with Crippen molar-refractivity contribution in [1.29, 1.82) is 0 Å². The quantitative estimate of drug-likeness (QED) is 0.779. The molecule has 0 unspecified atom stereocenters. The lowest BCUT2D eigenvalue weighted by atomic mass is 10.1. The highest BCUT2D eigenvalue weighted by atomic mass is 16.5. The van der Waals surface area contributed by atoms with Crippen LogP contribution in [0.15, 0.2) is 18.2 Å². The monoisotopic (exact) mass is 233 g/mol. The minimum Gasteiger partial charge on any atom is -0.507 e. The number of nitrogens with one attached hydrogen (secondary N) is 1. The Balaban J connectivity index is 3.01. The molecule has 0 heterocycles. The van der Waals surface area contributed by atoms with E-state index in [0.717, 1.165) is 0 Å². The highest BCUT2D eigenvalue weighted by Crippen LogP contribution is 2.23. The van der Waals surface area contributed by atoms with Crippen LogP contribution in [0.4, 0.5) is 0 Å². The Morgan fingerprint density at radius 2 is 2.18 bits per heavy atom. The number of methoxy groups -OCH3 is 1. The third-order valence-electron chi connectivity index (χ3n) is 2.24. The van der Waals surface area contributed by atoms with Gasteiger partial charge in [0.15, 0.2) is 0 Å². The normalized spacial score (nSPS) is 10.5. The van der Waals surface area contributed by atoms with Crippen molar-refractivity contribution >= 4 is 5.91 Å². The standard InChI is InChI=1S/C13H15NO3/c1-5-13(2,3)14-12(16)10-8-9(17-4)6-7-11(10)15/h1,6-8,15H,2-4H3,(H,14,16).